The summed E-state index contributed by atoms with van der Waals surface area (Å²) in [5.41, 5.74) is 6.63. The van der Waals surface area contributed by atoms with Crippen LogP contribution in [0.1, 0.15) is 32.3 Å². The lowest BCUT2D eigenvalue weighted by Gasteiger charge is -2.37. The van der Waals surface area contributed by atoms with E-state index in [9.17, 15) is 9.59 Å². The van der Waals surface area contributed by atoms with E-state index in [-0.39, 0.29) is 31.3 Å². The largest absolute Gasteiger partial charge is 0.445 e. The summed E-state index contributed by atoms with van der Waals surface area (Å²) >= 11 is 0. The topological polar surface area (TPSA) is 85.1 Å². The fourth-order valence-corrected chi connectivity index (χ4v) is 4.34. The number of fused-ring (bicyclic) bond motifs is 1. The fourth-order valence-electron chi connectivity index (χ4n) is 4.34. The van der Waals surface area contributed by atoms with Crippen molar-refractivity contribution in [2.75, 3.05) is 19.7 Å². The van der Waals surface area contributed by atoms with E-state index in [0.717, 1.165) is 5.56 Å². The predicted molar refractivity (Wildman–Crippen MR) is 109 cm³/mol. The van der Waals surface area contributed by atoms with Gasteiger partial charge in [-0.25, -0.2) is 4.79 Å². The molecule has 7 nitrogen and oxygen atoms in total. The van der Waals surface area contributed by atoms with Crippen LogP contribution in [0.2, 0.25) is 0 Å². The lowest BCUT2D eigenvalue weighted by atomic mass is 9.93. The first-order valence-corrected chi connectivity index (χ1v) is 9.98. The van der Waals surface area contributed by atoms with Gasteiger partial charge < -0.3 is 25.0 Å². The third-order valence-corrected chi connectivity index (χ3v) is 6.12. The highest BCUT2D eigenvalue weighted by molar-refractivity contribution is 5.84. The number of nitrogens with two attached hydrogens (primary N) is 1. The van der Waals surface area contributed by atoms with Crippen molar-refractivity contribution in [1.29, 1.82) is 0 Å². The molecule has 4 atom stereocenters. The van der Waals surface area contributed by atoms with Gasteiger partial charge in [-0.15, -0.1) is 6.42 Å². The first kappa shape index (κ1) is 21.2. The number of carbonyl (C=O) groups excluding carboxylic acids is 2. The van der Waals surface area contributed by atoms with Crippen LogP contribution < -0.4 is 5.73 Å². The van der Waals surface area contributed by atoms with Gasteiger partial charge in [0.15, 0.2) is 0 Å². The van der Waals surface area contributed by atoms with Gasteiger partial charge >= 0.3 is 6.09 Å². The molecule has 156 valence electrons. The average molecular weight is 399 g/mol. The van der Waals surface area contributed by atoms with E-state index in [0.29, 0.717) is 25.9 Å². The molecule has 7 heteroatoms. The van der Waals surface area contributed by atoms with Crippen LogP contribution in [0.5, 0.6) is 0 Å². The summed E-state index contributed by atoms with van der Waals surface area (Å²) in [5.74, 6) is 2.22. The third kappa shape index (κ3) is 4.24. The summed E-state index contributed by atoms with van der Waals surface area (Å²) in [6, 6.07) is 8.71. The van der Waals surface area contributed by atoms with Crippen molar-refractivity contribution in [3.8, 4) is 12.3 Å². The van der Waals surface area contributed by atoms with Gasteiger partial charge in [-0.1, -0.05) is 36.3 Å². The lowest BCUT2D eigenvalue weighted by molar-refractivity contribution is -0.139. The molecule has 2 N–H and O–H groups in total. The maximum Gasteiger partial charge on any atom is 0.410 e. The molecule has 2 amide bonds. The molecule has 0 bridgehead atoms. The van der Waals surface area contributed by atoms with E-state index in [1.54, 1.807) is 11.8 Å². The van der Waals surface area contributed by atoms with Gasteiger partial charge in [-0.05, 0) is 32.3 Å². The molecule has 4 unspecified atom stereocenters. The smallest absolute Gasteiger partial charge is 0.410 e. The fraction of sp³-hybridized carbons (Fsp3) is 0.545. The van der Waals surface area contributed by atoms with Crippen LogP contribution in [-0.4, -0.2) is 65.2 Å². The zero-order valence-corrected chi connectivity index (χ0v) is 17.0. The second kappa shape index (κ2) is 8.85. The molecule has 0 spiro atoms. The highest BCUT2D eigenvalue weighted by Gasteiger charge is 2.56. The third-order valence-electron chi connectivity index (χ3n) is 6.12. The maximum absolute atomic E-state index is 13.0. The first-order valence-electron chi connectivity index (χ1n) is 9.98. The number of terminal acetylenes is 1. The van der Waals surface area contributed by atoms with Crippen LogP contribution in [0.3, 0.4) is 0 Å². The van der Waals surface area contributed by atoms with Crippen molar-refractivity contribution in [3.05, 3.63) is 35.9 Å². The standard InChI is InChI=1S/C22H29N3O4/c1-4-14-28-16(2)19(23)20(26)25-12-10-18-22(25,3)11-13-24(18)21(27)29-15-17-8-6-5-7-9-17/h1,5-9,16,18-19H,10-15,23H2,2-3H3. The Morgan fingerprint density at radius 3 is 2.76 bits per heavy atom. The van der Waals surface area contributed by atoms with E-state index in [1.165, 1.54) is 0 Å². The monoisotopic (exact) mass is 399 g/mol. The molecule has 3 rings (SSSR count). The number of nitrogens with zero attached hydrogens (tertiary/aromatic N) is 2. The Hall–Kier alpha value is -2.56. The second-order valence-corrected chi connectivity index (χ2v) is 7.88. The number of rotatable bonds is 6. The summed E-state index contributed by atoms with van der Waals surface area (Å²) in [4.78, 5) is 29.3. The van der Waals surface area contributed by atoms with Crippen molar-refractivity contribution in [3.63, 3.8) is 0 Å². The Bertz CT molecular complexity index is 778. The number of hydrogen-bond donors (Lipinski definition) is 1. The van der Waals surface area contributed by atoms with Crippen LogP contribution in [0.25, 0.3) is 0 Å². The molecule has 0 saturated carbocycles. The van der Waals surface area contributed by atoms with E-state index < -0.39 is 17.7 Å². The van der Waals surface area contributed by atoms with E-state index >= 15 is 0 Å². The minimum Gasteiger partial charge on any atom is -0.445 e. The summed E-state index contributed by atoms with van der Waals surface area (Å²) in [6.07, 6.45) is 5.79. The number of benzene rings is 1. The summed E-state index contributed by atoms with van der Waals surface area (Å²) in [5, 5.41) is 0. The zero-order chi connectivity index (χ0) is 21.0. The molecule has 2 aliphatic rings. The summed E-state index contributed by atoms with van der Waals surface area (Å²) < 4.78 is 10.9. The van der Waals surface area contributed by atoms with Crippen LogP contribution in [0.4, 0.5) is 4.79 Å². The highest BCUT2D eigenvalue weighted by atomic mass is 16.6. The summed E-state index contributed by atoms with van der Waals surface area (Å²) in [6.45, 7) is 5.22. The van der Waals surface area contributed by atoms with Crippen LogP contribution >= 0.6 is 0 Å². The molecular formula is C22H29N3O4. The molecule has 0 aliphatic carbocycles. The Labute approximate surface area is 172 Å². The lowest BCUT2D eigenvalue weighted by Crippen LogP contribution is -2.57. The number of ether oxygens (including phenoxy) is 2. The van der Waals surface area contributed by atoms with Gasteiger partial charge in [-0.2, -0.15) is 0 Å². The van der Waals surface area contributed by atoms with Crippen molar-refractivity contribution >= 4 is 12.0 Å². The number of hydrogen-bond acceptors (Lipinski definition) is 5. The molecule has 2 fully saturated rings. The van der Waals surface area contributed by atoms with Crippen molar-refractivity contribution in [1.82, 2.24) is 9.80 Å². The van der Waals surface area contributed by atoms with E-state index in [4.69, 9.17) is 21.6 Å². The average Bonchev–Trinajstić information content (AvgIpc) is 3.24. The first-order chi connectivity index (χ1) is 13.9. The van der Waals surface area contributed by atoms with E-state index in [1.807, 2.05) is 42.2 Å². The van der Waals surface area contributed by atoms with Crippen LogP contribution in [0.15, 0.2) is 30.3 Å². The Balaban J connectivity index is 1.62. The zero-order valence-electron chi connectivity index (χ0n) is 17.0. The molecule has 2 heterocycles. The Morgan fingerprint density at radius 1 is 1.34 bits per heavy atom. The van der Waals surface area contributed by atoms with Gasteiger partial charge in [0.1, 0.15) is 19.3 Å². The molecule has 0 aromatic heterocycles. The molecule has 29 heavy (non-hydrogen) atoms. The van der Waals surface area contributed by atoms with Gasteiger partial charge in [0.05, 0.1) is 17.7 Å². The minimum absolute atomic E-state index is 0.0798. The molecular weight excluding hydrogens is 370 g/mol. The van der Waals surface area contributed by atoms with Gasteiger partial charge in [-0.3, -0.25) is 4.79 Å². The van der Waals surface area contributed by atoms with Crippen molar-refractivity contribution in [2.24, 2.45) is 5.73 Å². The maximum atomic E-state index is 13.0. The van der Waals surface area contributed by atoms with Crippen molar-refractivity contribution < 1.29 is 19.1 Å². The quantitative estimate of drug-likeness (QED) is 0.737. The predicted octanol–water partition coefficient (Wildman–Crippen LogP) is 1.75. The molecule has 1 aromatic carbocycles. The SMILES string of the molecule is C#CCOC(C)C(N)C(=O)N1CCC2N(C(=O)OCc3ccccc3)CCC21C. The van der Waals surface area contributed by atoms with Crippen molar-refractivity contribution in [2.45, 2.75) is 57.0 Å². The second-order valence-electron chi connectivity index (χ2n) is 7.88. The number of amides is 2. The Morgan fingerprint density at radius 2 is 2.07 bits per heavy atom. The minimum atomic E-state index is -0.794. The van der Waals surface area contributed by atoms with E-state index in [2.05, 4.69) is 5.92 Å². The van der Waals surface area contributed by atoms with Crippen LogP contribution in [0, 0.1) is 12.3 Å². The van der Waals surface area contributed by atoms with Gasteiger partial charge in [0, 0.05) is 13.1 Å². The summed E-state index contributed by atoms with van der Waals surface area (Å²) in [7, 11) is 0. The Kier molecular flexibility index (Phi) is 6.46. The molecule has 0 radical (unpaired) electrons. The number of carbonyl (C=O) groups is 2. The van der Waals surface area contributed by atoms with Crippen LogP contribution in [-0.2, 0) is 20.9 Å². The molecule has 1 aromatic rings. The van der Waals surface area contributed by atoms with Gasteiger partial charge in [0.2, 0.25) is 5.91 Å². The molecule has 2 saturated heterocycles. The molecule has 2 aliphatic heterocycles. The highest BCUT2D eigenvalue weighted by Crippen LogP contribution is 2.41. The normalized spacial score (nSPS) is 25.2. The number of likely N-dealkylation sites (tertiary alicyclic amines) is 2. The van der Waals surface area contributed by atoms with Gasteiger partial charge in [0.25, 0.3) is 0 Å².